The maximum atomic E-state index is 13.1. The second-order valence-electron chi connectivity index (χ2n) is 7.78. The normalized spacial score (nSPS) is 21.5. The van der Waals surface area contributed by atoms with Crippen LogP contribution in [0.2, 0.25) is 18.1 Å². The van der Waals surface area contributed by atoms with Crippen molar-refractivity contribution in [3.8, 4) is 0 Å². The van der Waals surface area contributed by atoms with Crippen LogP contribution in [0.4, 0.5) is 8.78 Å². The quantitative estimate of drug-likeness (QED) is 0.298. The average molecular weight is 365 g/mol. The summed E-state index contributed by atoms with van der Waals surface area (Å²) < 4.78 is 25.3. The van der Waals surface area contributed by atoms with Crippen molar-refractivity contribution in [3.05, 3.63) is 41.7 Å². The van der Waals surface area contributed by atoms with E-state index in [4.69, 9.17) is 0 Å². The molecule has 1 aliphatic heterocycles. The molecule has 0 saturated carbocycles. The van der Waals surface area contributed by atoms with E-state index in [1.807, 2.05) is 12.1 Å². The van der Waals surface area contributed by atoms with Crippen LogP contribution in [0.5, 0.6) is 0 Å². The van der Waals surface area contributed by atoms with E-state index in [1.54, 1.807) is 30.3 Å². The van der Waals surface area contributed by atoms with Crippen molar-refractivity contribution in [1.82, 2.24) is 0 Å². The Labute approximate surface area is 154 Å². The van der Waals surface area contributed by atoms with Gasteiger partial charge >= 0.3 is 0 Å². The first-order valence-electron chi connectivity index (χ1n) is 10.3. The molecule has 2 rings (SSSR count). The molecule has 0 amide bonds. The maximum absolute atomic E-state index is 13.1. The molecule has 0 bridgehead atoms. The van der Waals surface area contributed by atoms with Gasteiger partial charge < -0.3 is 0 Å². The zero-order valence-corrected chi connectivity index (χ0v) is 16.9. The fourth-order valence-corrected chi connectivity index (χ4v) is 7.73. The number of hydrogen-bond donors (Lipinski definition) is 0. The first-order chi connectivity index (χ1) is 12.2. The highest BCUT2D eigenvalue weighted by Crippen LogP contribution is 2.31. The third kappa shape index (κ3) is 7.43. The number of unbranched alkanes of at least 4 members (excludes halogenated alkanes) is 4. The molecule has 0 aliphatic carbocycles. The van der Waals surface area contributed by atoms with Crippen molar-refractivity contribution < 1.29 is 8.78 Å². The molecule has 0 radical (unpaired) electrons. The highest BCUT2D eigenvalue weighted by atomic mass is 28.3. The number of benzene rings is 1. The topological polar surface area (TPSA) is 0 Å². The monoisotopic (exact) mass is 364 g/mol. The number of aryl methyl sites for hydroxylation is 1. The minimum Gasteiger partial charge on any atom is -0.212 e. The highest BCUT2D eigenvalue weighted by Gasteiger charge is 2.21. The van der Waals surface area contributed by atoms with Crippen molar-refractivity contribution >= 4 is 14.6 Å². The molecule has 1 aromatic rings. The van der Waals surface area contributed by atoms with E-state index in [9.17, 15) is 8.78 Å². The molecule has 1 fully saturated rings. The molecular formula is C22H34F2Si. The van der Waals surface area contributed by atoms with Crippen molar-refractivity contribution in [2.45, 2.75) is 82.8 Å². The molecule has 140 valence electrons. The van der Waals surface area contributed by atoms with Gasteiger partial charge in [0.2, 0.25) is 0 Å². The zero-order chi connectivity index (χ0) is 17.9. The molecule has 0 spiro atoms. The summed E-state index contributed by atoms with van der Waals surface area (Å²) in [5.41, 5.74) is 1.57. The van der Waals surface area contributed by atoms with Gasteiger partial charge in [-0.15, -0.1) is 0 Å². The molecule has 0 unspecified atom stereocenters. The lowest BCUT2D eigenvalue weighted by molar-refractivity contribution is 0.437. The first kappa shape index (κ1) is 20.4. The molecule has 0 aromatic heterocycles. The highest BCUT2D eigenvalue weighted by molar-refractivity contribution is 6.58. The molecule has 1 aromatic carbocycles. The molecular weight excluding hydrogens is 330 g/mol. The van der Waals surface area contributed by atoms with Crippen LogP contribution in [0.15, 0.2) is 30.6 Å². The lowest BCUT2D eigenvalue weighted by Gasteiger charge is -2.27. The third-order valence-electron chi connectivity index (χ3n) is 5.85. The van der Waals surface area contributed by atoms with E-state index in [0.717, 1.165) is 12.3 Å². The van der Waals surface area contributed by atoms with Crippen molar-refractivity contribution in [3.63, 3.8) is 0 Å². The van der Waals surface area contributed by atoms with Crippen LogP contribution >= 0.6 is 0 Å². The Hall–Kier alpha value is -0.963. The Morgan fingerprint density at radius 2 is 1.76 bits per heavy atom. The van der Waals surface area contributed by atoms with Crippen LogP contribution in [0.25, 0.3) is 5.83 Å². The van der Waals surface area contributed by atoms with Gasteiger partial charge in [0.05, 0.1) is 0 Å². The smallest absolute Gasteiger partial charge is 0.158 e. The van der Waals surface area contributed by atoms with E-state index in [2.05, 4.69) is 6.92 Å². The third-order valence-corrected chi connectivity index (χ3v) is 9.37. The predicted octanol–water partition coefficient (Wildman–Crippen LogP) is 7.46. The van der Waals surface area contributed by atoms with Crippen LogP contribution in [-0.4, -0.2) is 8.80 Å². The van der Waals surface area contributed by atoms with E-state index in [1.165, 1.54) is 56.9 Å². The zero-order valence-electron chi connectivity index (χ0n) is 15.8. The van der Waals surface area contributed by atoms with E-state index in [0.29, 0.717) is 5.56 Å². The summed E-state index contributed by atoms with van der Waals surface area (Å²) in [5.74, 6) is 0.0931. The Bertz CT molecular complexity index is 501. The fraction of sp³-hybridized carbons (Fsp3) is 0.636. The van der Waals surface area contributed by atoms with Crippen molar-refractivity contribution in [2.24, 2.45) is 5.92 Å². The van der Waals surface area contributed by atoms with Crippen LogP contribution in [0.1, 0.15) is 69.4 Å². The second-order valence-corrected chi connectivity index (χ2v) is 11.2. The Morgan fingerprint density at radius 3 is 2.40 bits per heavy atom. The van der Waals surface area contributed by atoms with Crippen molar-refractivity contribution in [1.29, 1.82) is 0 Å². The molecule has 0 nitrogen and oxygen atoms in total. The summed E-state index contributed by atoms with van der Waals surface area (Å²) in [6.07, 6.45) is 12.3. The van der Waals surface area contributed by atoms with Gasteiger partial charge in [-0.2, -0.15) is 0 Å². The molecule has 1 aliphatic rings. The number of rotatable bonds is 10. The summed E-state index contributed by atoms with van der Waals surface area (Å²) in [5, 5.41) is 0. The van der Waals surface area contributed by atoms with E-state index in [-0.39, 0.29) is 6.33 Å². The number of halogens is 2. The molecule has 3 heteroatoms. The lowest BCUT2D eigenvalue weighted by Crippen LogP contribution is -2.21. The van der Waals surface area contributed by atoms with E-state index < -0.39 is 14.6 Å². The van der Waals surface area contributed by atoms with Crippen molar-refractivity contribution in [2.75, 3.05) is 0 Å². The Balaban J connectivity index is 1.62. The van der Waals surface area contributed by atoms with Crippen LogP contribution in [0.3, 0.4) is 0 Å². The lowest BCUT2D eigenvalue weighted by atomic mass is 9.94. The summed E-state index contributed by atoms with van der Waals surface area (Å²) in [4.78, 5) is 0. The van der Waals surface area contributed by atoms with Gasteiger partial charge in [-0.05, 0) is 24.3 Å². The average Bonchev–Trinajstić information content (AvgIpc) is 2.67. The van der Waals surface area contributed by atoms with Gasteiger partial charge in [0.15, 0.2) is 5.83 Å². The minimum atomic E-state index is -0.787. The second kappa shape index (κ2) is 11.6. The Morgan fingerprint density at radius 1 is 1.08 bits per heavy atom. The van der Waals surface area contributed by atoms with Gasteiger partial charge in [0.1, 0.15) is 6.33 Å². The van der Waals surface area contributed by atoms with Crippen LogP contribution < -0.4 is 0 Å². The SMILES string of the molecule is CCCCCCC[SiH]1CCC(CCc2ccc(/C(F)=C/F)cc2)CC1. The summed E-state index contributed by atoms with van der Waals surface area (Å²) in [6, 6.07) is 11.9. The maximum Gasteiger partial charge on any atom is 0.158 e. The summed E-state index contributed by atoms with van der Waals surface area (Å²) in [7, 11) is -0.420. The van der Waals surface area contributed by atoms with Gasteiger partial charge in [-0.3, -0.25) is 0 Å². The molecule has 1 saturated heterocycles. The predicted molar refractivity (Wildman–Crippen MR) is 108 cm³/mol. The van der Waals surface area contributed by atoms with E-state index >= 15 is 0 Å². The molecule has 0 N–H and O–H groups in total. The molecule has 1 heterocycles. The molecule has 0 atom stereocenters. The summed E-state index contributed by atoms with van der Waals surface area (Å²) in [6.45, 7) is 2.28. The van der Waals surface area contributed by atoms with Crippen LogP contribution in [0, 0.1) is 5.92 Å². The van der Waals surface area contributed by atoms with Gasteiger partial charge in [-0.25, -0.2) is 8.78 Å². The standard InChI is InChI=1S/C22H34F2Si/c1-2-3-4-5-6-15-25-16-13-20(14-17-25)8-7-19-9-11-21(12-10-19)22(24)18-23/h9-12,18,20,25H,2-8,13-17H2,1H3/b22-18-. The Kier molecular flexibility index (Phi) is 9.45. The number of hydrogen-bond acceptors (Lipinski definition) is 0. The fourth-order valence-electron chi connectivity index (χ4n) is 4.11. The minimum absolute atomic E-state index is 0.0289. The largest absolute Gasteiger partial charge is 0.212 e. The van der Waals surface area contributed by atoms with Crippen LogP contribution in [-0.2, 0) is 6.42 Å². The first-order valence-corrected chi connectivity index (χ1v) is 12.7. The molecule has 25 heavy (non-hydrogen) atoms. The summed E-state index contributed by atoms with van der Waals surface area (Å²) >= 11 is 0. The van der Waals surface area contributed by atoms with Gasteiger partial charge in [0.25, 0.3) is 0 Å². The van der Waals surface area contributed by atoms with Gasteiger partial charge in [-0.1, -0.05) is 94.3 Å². The van der Waals surface area contributed by atoms with Gasteiger partial charge in [0, 0.05) is 14.4 Å².